The molecule has 0 aliphatic carbocycles. The quantitative estimate of drug-likeness (QED) is 0.466. The molecule has 0 unspecified atom stereocenters. The number of hydrogen-bond acceptors (Lipinski definition) is 6. The number of thioether (sulfide) groups is 1. The fraction of sp³-hybridized carbons (Fsp3) is 0.160. The highest BCUT2D eigenvalue weighted by molar-refractivity contribution is 8.16. The van der Waals surface area contributed by atoms with E-state index in [9.17, 15) is 9.59 Å². The highest BCUT2D eigenvalue weighted by Gasteiger charge is 2.41. The zero-order valence-corrected chi connectivity index (χ0v) is 20.1. The summed E-state index contributed by atoms with van der Waals surface area (Å²) in [7, 11) is 3.10. The van der Waals surface area contributed by atoms with Crippen molar-refractivity contribution in [2.75, 3.05) is 24.4 Å². The number of anilines is 2. The maximum absolute atomic E-state index is 13.5. The van der Waals surface area contributed by atoms with Crippen molar-refractivity contribution in [3.8, 4) is 11.5 Å². The third-order valence-corrected chi connectivity index (χ3v) is 6.55. The number of methoxy groups -OCH3 is 2. The molecule has 2 amide bonds. The van der Waals surface area contributed by atoms with Crippen LogP contribution in [0.15, 0.2) is 77.8 Å². The minimum absolute atomic E-state index is 0.0503. The number of rotatable bonds is 7. The van der Waals surface area contributed by atoms with Crippen LogP contribution in [0.3, 0.4) is 0 Å². The lowest BCUT2D eigenvalue weighted by Gasteiger charge is -2.19. The number of carbonyl (C=O) groups excluding carboxylic acids is 2. The number of carbonyl (C=O) groups is 2. The molecule has 7 nitrogen and oxygen atoms in total. The van der Waals surface area contributed by atoms with Crippen molar-refractivity contribution in [2.45, 2.75) is 11.7 Å². The topological polar surface area (TPSA) is 80.2 Å². The molecule has 1 fully saturated rings. The highest BCUT2D eigenvalue weighted by Crippen LogP contribution is 2.40. The van der Waals surface area contributed by atoms with Crippen LogP contribution in [0.25, 0.3) is 0 Å². The van der Waals surface area contributed by atoms with E-state index < -0.39 is 5.25 Å². The van der Waals surface area contributed by atoms with Crippen LogP contribution >= 0.6 is 23.4 Å². The average molecular weight is 496 g/mol. The molecule has 34 heavy (non-hydrogen) atoms. The number of amides is 2. The van der Waals surface area contributed by atoms with Crippen LogP contribution in [0.1, 0.15) is 6.42 Å². The molecule has 1 aliphatic heterocycles. The van der Waals surface area contributed by atoms with Gasteiger partial charge in [0.2, 0.25) is 11.8 Å². The van der Waals surface area contributed by atoms with Gasteiger partial charge in [0.05, 0.1) is 30.6 Å². The average Bonchev–Trinajstić information content (AvgIpc) is 3.14. The van der Waals surface area contributed by atoms with E-state index in [1.54, 1.807) is 55.6 Å². The zero-order chi connectivity index (χ0) is 24.1. The van der Waals surface area contributed by atoms with Crippen LogP contribution in [-0.2, 0) is 9.59 Å². The number of nitrogens with zero attached hydrogens (tertiary/aromatic N) is 2. The smallest absolute Gasteiger partial charge is 0.247 e. The number of nitrogens with one attached hydrogen (secondary N) is 1. The lowest BCUT2D eigenvalue weighted by atomic mass is 10.2. The van der Waals surface area contributed by atoms with E-state index in [4.69, 9.17) is 26.1 Å². The molecule has 0 aromatic heterocycles. The molecule has 174 valence electrons. The molecule has 0 radical (unpaired) electrons. The first kappa shape index (κ1) is 23.7. The van der Waals surface area contributed by atoms with E-state index >= 15 is 0 Å². The van der Waals surface area contributed by atoms with Gasteiger partial charge >= 0.3 is 0 Å². The van der Waals surface area contributed by atoms with Gasteiger partial charge in [0, 0.05) is 6.42 Å². The minimum Gasteiger partial charge on any atom is -0.495 e. The zero-order valence-electron chi connectivity index (χ0n) is 18.5. The normalized spacial score (nSPS) is 16.6. The van der Waals surface area contributed by atoms with Gasteiger partial charge in [-0.15, -0.1) is 0 Å². The second-order valence-corrected chi connectivity index (χ2v) is 8.83. The molecule has 1 saturated heterocycles. The molecule has 1 heterocycles. The Morgan fingerprint density at radius 1 is 1.00 bits per heavy atom. The predicted molar refractivity (Wildman–Crippen MR) is 137 cm³/mol. The van der Waals surface area contributed by atoms with Crippen molar-refractivity contribution in [1.82, 2.24) is 0 Å². The summed E-state index contributed by atoms with van der Waals surface area (Å²) in [6.07, 6.45) is -0.0503. The Balaban J connectivity index is 1.67. The molecule has 0 saturated carbocycles. The summed E-state index contributed by atoms with van der Waals surface area (Å²) in [6.45, 7) is 0. The lowest BCUT2D eigenvalue weighted by Crippen LogP contribution is -2.33. The number of amidine groups is 1. The molecular formula is C25H22ClN3O4S. The Morgan fingerprint density at radius 3 is 2.38 bits per heavy atom. The summed E-state index contributed by atoms with van der Waals surface area (Å²) < 4.78 is 10.9. The van der Waals surface area contributed by atoms with Crippen molar-refractivity contribution in [2.24, 2.45) is 4.99 Å². The number of halogens is 1. The predicted octanol–water partition coefficient (Wildman–Crippen LogP) is 5.52. The molecule has 3 aromatic carbocycles. The Labute approximate surface area is 206 Å². The van der Waals surface area contributed by atoms with Crippen LogP contribution < -0.4 is 19.7 Å². The van der Waals surface area contributed by atoms with Crippen molar-refractivity contribution >= 4 is 57.4 Å². The maximum atomic E-state index is 13.5. The second kappa shape index (κ2) is 10.6. The van der Waals surface area contributed by atoms with Crippen molar-refractivity contribution in [3.05, 3.63) is 77.8 Å². The number of ether oxygens (including phenoxy) is 2. The SMILES string of the molecule is COc1ccccc1N=C1S[C@H](CC(=O)Nc2ccccc2Cl)C(=O)N1c1ccccc1OC. The molecule has 1 aliphatic rings. The van der Waals surface area contributed by atoms with Gasteiger partial charge in [-0.1, -0.05) is 59.8 Å². The van der Waals surface area contributed by atoms with Crippen LogP contribution in [0.5, 0.6) is 11.5 Å². The summed E-state index contributed by atoms with van der Waals surface area (Å²) >= 11 is 7.37. The van der Waals surface area contributed by atoms with Crippen LogP contribution in [0.2, 0.25) is 5.02 Å². The van der Waals surface area contributed by atoms with Gasteiger partial charge in [-0.05, 0) is 36.4 Å². The van der Waals surface area contributed by atoms with Gasteiger partial charge in [-0.3, -0.25) is 14.5 Å². The van der Waals surface area contributed by atoms with Gasteiger partial charge in [0.1, 0.15) is 22.4 Å². The summed E-state index contributed by atoms with van der Waals surface area (Å²) in [6, 6.07) is 21.4. The third-order valence-electron chi connectivity index (χ3n) is 5.08. The molecule has 3 aromatic rings. The fourth-order valence-electron chi connectivity index (χ4n) is 3.47. The Morgan fingerprint density at radius 2 is 1.65 bits per heavy atom. The van der Waals surface area contributed by atoms with Gasteiger partial charge in [0.25, 0.3) is 0 Å². The molecule has 0 spiro atoms. The molecule has 1 atom stereocenters. The van der Waals surface area contributed by atoms with Gasteiger partial charge in [-0.25, -0.2) is 4.99 Å². The van der Waals surface area contributed by atoms with E-state index in [2.05, 4.69) is 5.32 Å². The number of hydrogen-bond donors (Lipinski definition) is 1. The second-order valence-electron chi connectivity index (χ2n) is 7.25. The third kappa shape index (κ3) is 5.03. The van der Waals surface area contributed by atoms with Crippen molar-refractivity contribution in [1.29, 1.82) is 0 Å². The van der Waals surface area contributed by atoms with Crippen LogP contribution in [0, 0.1) is 0 Å². The molecular weight excluding hydrogens is 474 g/mol. The first-order valence-corrected chi connectivity index (χ1v) is 11.7. The maximum Gasteiger partial charge on any atom is 0.247 e. The van der Waals surface area contributed by atoms with E-state index in [-0.39, 0.29) is 18.2 Å². The van der Waals surface area contributed by atoms with Gasteiger partial charge in [-0.2, -0.15) is 0 Å². The highest BCUT2D eigenvalue weighted by atomic mass is 35.5. The van der Waals surface area contributed by atoms with Crippen molar-refractivity contribution in [3.63, 3.8) is 0 Å². The Bertz CT molecular complexity index is 1250. The number of benzene rings is 3. The van der Waals surface area contributed by atoms with E-state index in [1.165, 1.54) is 23.8 Å². The van der Waals surface area contributed by atoms with E-state index in [0.717, 1.165) is 0 Å². The first-order valence-electron chi connectivity index (χ1n) is 10.4. The summed E-state index contributed by atoms with van der Waals surface area (Å²) in [5, 5.41) is 2.95. The molecule has 4 rings (SSSR count). The van der Waals surface area contributed by atoms with E-state index in [0.29, 0.717) is 38.8 Å². The van der Waals surface area contributed by atoms with Crippen molar-refractivity contribution < 1.29 is 19.1 Å². The Kier molecular flexibility index (Phi) is 7.40. The van der Waals surface area contributed by atoms with Crippen LogP contribution in [-0.4, -0.2) is 36.5 Å². The summed E-state index contributed by atoms with van der Waals surface area (Å²) in [4.78, 5) is 32.5. The lowest BCUT2D eigenvalue weighted by molar-refractivity contribution is -0.121. The first-order chi connectivity index (χ1) is 16.5. The number of para-hydroxylation sites is 5. The molecule has 1 N–H and O–H groups in total. The fourth-order valence-corrected chi connectivity index (χ4v) is 4.79. The standard InChI is InChI=1S/C25H22ClN3O4S/c1-32-20-13-7-5-11-18(20)28-25-29(19-12-6-8-14-21(19)33-2)24(31)22(34-25)15-23(30)27-17-10-4-3-9-16(17)26/h3-14,22H,15H2,1-2H3,(H,27,30)/t22-/m1/s1. The van der Waals surface area contributed by atoms with Gasteiger partial charge < -0.3 is 14.8 Å². The van der Waals surface area contributed by atoms with E-state index in [1.807, 2.05) is 24.3 Å². The summed E-state index contributed by atoms with van der Waals surface area (Å²) in [5.41, 5.74) is 1.61. The molecule has 0 bridgehead atoms. The number of aliphatic imine (C=N–C) groups is 1. The largest absolute Gasteiger partial charge is 0.495 e. The Hall–Kier alpha value is -3.49. The molecule has 9 heteroatoms. The van der Waals surface area contributed by atoms with Crippen LogP contribution in [0.4, 0.5) is 17.1 Å². The van der Waals surface area contributed by atoms with Gasteiger partial charge in [0.15, 0.2) is 5.17 Å². The summed E-state index contributed by atoms with van der Waals surface area (Å²) in [5.74, 6) is 0.503. The minimum atomic E-state index is -0.680. The monoisotopic (exact) mass is 495 g/mol.